The van der Waals surface area contributed by atoms with Crippen LogP contribution < -0.4 is 0 Å². The normalized spacial score (nSPS) is 10.6. The maximum atomic E-state index is 10.6. The Kier molecular flexibility index (Phi) is 2.09. The van der Waals surface area contributed by atoms with Gasteiger partial charge < -0.3 is 0 Å². The molecule has 66 valence electrons. The first-order valence-electron chi connectivity index (χ1n) is 3.49. The van der Waals surface area contributed by atoms with Gasteiger partial charge in [-0.1, -0.05) is 11.6 Å². The molecular formula is C8H4BrClN2O. The SMILES string of the molecule is O=Cc1ncc2c(Br)cc(Cl)cn12. The lowest BCUT2D eigenvalue weighted by molar-refractivity contribution is 0.111. The summed E-state index contributed by atoms with van der Waals surface area (Å²) in [6.07, 6.45) is 3.96. The zero-order valence-corrected chi connectivity index (χ0v) is 8.71. The molecule has 0 saturated carbocycles. The van der Waals surface area contributed by atoms with Gasteiger partial charge in [0.2, 0.25) is 0 Å². The van der Waals surface area contributed by atoms with E-state index in [2.05, 4.69) is 20.9 Å². The lowest BCUT2D eigenvalue weighted by Crippen LogP contribution is -1.92. The number of carbonyl (C=O) groups is 1. The van der Waals surface area contributed by atoms with Crippen LogP contribution in [0, 0.1) is 0 Å². The molecule has 0 saturated heterocycles. The molecule has 13 heavy (non-hydrogen) atoms. The van der Waals surface area contributed by atoms with E-state index in [1.807, 2.05) is 0 Å². The summed E-state index contributed by atoms with van der Waals surface area (Å²) in [6.45, 7) is 0. The number of nitrogens with zero attached hydrogens (tertiary/aromatic N) is 2. The number of halogens is 2. The minimum Gasteiger partial charge on any atom is -0.295 e. The summed E-state index contributed by atoms with van der Waals surface area (Å²) in [5.41, 5.74) is 0.825. The lowest BCUT2D eigenvalue weighted by Gasteiger charge is -1.98. The summed E-state index contributed by atoms with van der Waals surface area (Å²) in [6, 6.07) is 1.76. The van der Waals surface area contributed by atoms with E-state index in [0.717, 1.165) is 9.99 Å². The predicted molar refractivity (Wildman–Crippen MR) is 53.3 cm³/mol. The van der Waals surface area contributed by atoms with Crippen LogP contribution >= 0.6 is 27.5 Å². The number of aromatic nitrogens is 2. The minimum atomic E-state index is 0.346. The van der Waals surface area contributed by atoms with Crippen LogP contribution in [-0.4, -0.2) is 15.7 Å². The van der Waals surface area contributed by atoms with Crippen molar-refractivity contribution in [2.45, 2.75) is 0 Å². The van der Waals surface area contributed by atoms with E-state index < -0.39 is 0 Å². The molecular weight excluding hydrogens is 255 g/mol. The van der Waals surface area contributed by atoms with Crippen LogP contribution in [0.3, 0.4) is 0 Å². The van der Waals surface area contributed by atoms with Crippen molar-refractivity contribution in [2.24, 2.45) is 0 Å². The van der Waals surface area contributed by atoms with Crippen LogP contribution in [0.1, 0.15) is 10.6 Å². The average molecular weight is 259 g/mol. The van der Waals surface area contributed by atoms with Crippen molar-refractivity contribution in [2.75, 3.05) is 0 Å². The molecule has 0 aliphatic carbocycles. The second-order valence-corrected chi connectivity index (χ2v) is 3.79. The number of pyridine rings is 1. The molecule has 5 heteroatoms. The molecule has 0 amide bonds. The lowest BCUT2D eigenvalue weighted by atomic mass is 10.4. The van der Waals surface area contributed by atoms with E-state index in [9.17, 15) is 4.79 Å². The molecule has 0 bridgehead atoms. The fourth-order valence-corrected chi connectivity index (χ4v) is 2.01. The molecule has 0 aromatic carbocycles. The molecule has 0 N–H and O–H groups in total. The average Bonchev–Trinajstić information content (AvgIpc) is 2.47. The quantitative estimate of drug-likeness (QED) is 0.738. The Morgan fingerprint density at radius 2 is 2.38 bits per heavy atom. The highest BCUT2D eigenvalue weighted by atomic mass is 79.9. The third-order valence-corrected chi connectivity index (χ3v) is 2.53. The number of imidazole rings is 1. The van der Waals surface area contributed by atoms with E-state index >= 15 is 0 Å². The van der Waals surface area contributed by atoms with Crippen LogP contribution in [-0.2, 0) is 0 Å². The first-order chi connectivity index (χ1) is 6.22. The van der Waals surface area contributed by atoms with Crippen LogP contribution in [0.15, 0.2) is 22.9 Å². The summed E-state index contributed by atoms with van der Waals surface area (Å²) in [5.74, 6) is 0.346. The molecule has 2 aromatic heterocycles. The molecule has 0 atom stereocenters. The molecule has 2 rings (SSSR count). The van der Waals surface area contributed by atoms with Gasteiger partial charge in [-0.15, -0.1) is 0 Å². The van der Waals surface area contributed by atoms with Gasteiger partial charge >= 0.3 is 0 Å². The Morgan fingerprint density at radius 3 is 3.08 bits per heavy atom. The summed E-state index contributed by atoms with van der Waals surface area (Å²) in [4.78, 5) is 14.5. The van der Waals surface area contributed by atoms with Gasteiger partial charge in [0, 0.05) is 10.7 Å². The smallest absolute Gasteiger partial charge is 0.185 e. The highest BCUT2D eigenvalue weighted by Gasteiger charge is 2.05. The molecule has 0 radical (unpaired) electrons. The fraction of sp³-hybridized carbons (Fsp3) is 0. The molecule has 0 aliphatic heterocycles. The van der Waals surface area contributed by atoms with Gasteiger partial charge in [0.05, 0.1) is 16.7 Å². The van der Waals surface area contributed by atoms with Crippen molar-refractivity contribution < 1.29 is 4.79 Å². The maximum absolute atomic E-state index is 10.6. The van der Waals surface area contributed by atoms with Crippen LogP contribution in [0.25, 0.3) is 5.52 Å². The Bertz CT molecular complexity index is 480. The summed E-state index contributed by atoms with van der Waals surface area (Å²) >= 11 is 9.14. The maximum Gasteiger partial charge on any atom is 0.185 e. The summed E-state index contributed by atoms with van der Waals surface area (Å²) in [7, 11) is 0. The second-order valence-electron chi connectivity index (χ2n) is 2.50. The second kappa shape index (κ2) is 3.12. The summed E-state index contributed by atoms with van der Waals surface area (Å²) < 4.78 is 2.46. The molecule has 0 spiro atoms. The highest BCUT2D eigenvalue weighted by molar-refractivity contribution is 9.10. The third-order valence-electron chi connectivity index (χ3n) is 1.69. The van der Waals surface area contributed by atoms with E-state index in [1.165, 1.54) is 0 Å². The van der Waals surface area contributed by atoms with Crippen molar-refractivity contribution in [1.29, 1.82) is 0 Å². The fourth-order valence-electron chi connectivity index (χ4n) is 1.13. The van der Waals surface area contributed by atoms with Crippen LogP contribution in [0.2, 0.25) is 5.02 Å². The van der Waals surface area contributed by atoms with Crippen molar-refractivity contribution in [3.63, 3.8) is 0 Å². The summed E-state index contributed by atoms with van der Waals surface area (Å²) in [5, 5.41) is 0.556. The zero-order chi connectivity index (χ0) is 9.42. The van der Waals surface area contributed by atoms with Crippen molar-refractivity contribution in [3.8, 4) is 0 Å². The van der Waals surface area contributed by atoms with Gasteiger partial charge in [-0.2, -0.15) is 0 Å². The van der Waals surface area contributed by atoms with Crippen molar-refractivity contribution in [3.05, 3.63) is 33.8 Å². The van der Waals surface area contributed by atoms with E-state index in [4.69, 9.17) is 11.6 Å². The Labute approximate surface area is 87.5 Å². The topological polar surface area (TPSA) is 34.4 Å². The molecule has 0 fully saturated rings. The first-order valence-corrected chi connectivity index (χ1v) is 4.67. The van der Waals surface area contributed by atoms with E-state index in [0.29, 0.717) is 17.1 Å². The highest BCUT2D eigenvalue weighted by Crippen LogP contribution is 2.22. The van der Waals surface area contributed by atoms with Gasteiger partial charge in [-0.3, -0.25) is 9.20 Å². The van der Waals surface area contributed by atoms with Crippen molar-refractivity contribution >= 4 is 39.3 Å². The Balaban J connectivity index is 2.89. The number of hydrogen-bond acceptors (Lipinski definition) is 2. The monoisotopic (exact) mass is 258 g/mol. The number of carbonyl (C=O) groups excluding carboxylic acids is 1. The Hall–Kier alpha value is -0.870. The van der Waals surface area contributed by atoms with Gasteiger partial charge in [0.15, 0.2) is 12.1 Å². The van der Waals surface area contributed by atoms with Gasteiger partial charge in [-0.05, 0) is 22.0 Å². The molecule has 2 aromatic rings. The third kappa shape index (κ3) is 1.36. The van der Waals surface area contributed by atoms with Gasteiger partial charge in [0.1, 0.15) is 0 Å². The molecule has 2 heterocycles. The number of hydrogen-bond donors (Lipinski definition) is 0. The number of fused-ring (bicyclic) bond motifs is 1. The van der Waals surface area contributed by atoms with E-state index in [-0.39, 0.29) is 0 Å². The van der Waals surface area contributed by atoms with Crippen LogP contribution in [0.4, 0.5) is 0 Å². The number of aldehydes is 1. The van der Waals surface area contributed by atoms with Crippen molar-refractivity contribution in [1.82, 2.24) is 9.38 Å². The van der Waals surface area contributed by atoms with Gasteiger partial charge in [-0.25, -0.2) is 4.98 Å². The molecule has 3 nitrogen and oxygen atoms in total. The first kappa shape index (κ1) is 8.72. The largest absolute Gasteiger partial charge is 0.295 e. The predicted octanol–water partition coefficient (Wildman–Crippen LogP) is 2.56. The Morgan fingerprint density at radius 1 is 1.62 bits per heavy atom. The number of rotatable bonds is 1. The molecule has 0 aliphatic rings. The van der Waals surface area contributed by atoms with Crippen LogP contribution in [0.5, 0.6) is 0 Å². The van der Waals surface area contributed by atoms with Gasteiger partial charge in [0.25, 0.3) is 0 Å². The zero-order valence-electron chi connectivity index (χ0n) is 6.37. The standard InChI is InChI=1S/C8H4BrClN2O/c9-6-1-5(10)3-12-7(6)2-11-8(12)4-13/h1-4H. The molecule has 0 unspecified atom stereocenters. The minimum absolute atomic E-state index is 0.346. The van der Waals surface area contributed by atoms with E-state index in [1.54, 1.807) is 22.9 Å².